The second-order valence-electron chi connectivity index (χ2n) is 7.58. The Kier molecular flexibility index (Phi) is 27.9. The van der Waals surface area contributed by atoms with Crippen LogP contribution in [-0.4, -0.2) is 34.7 Å². The van der Waals surface area contributed by atoms with E-state index in [1.807, 2.05) is 12.2 Å². The van der Waals surface area contributed by atoms with Crippen LogP contribution < -0.4 is 11.5 Å². The summed E-state index contributed by atoms with van der Waals surface area (Å²) >= 11 is 0. The minimum Gasteiger partial charge on any atom is -0.481 e. The van der Waals surface area contributed by atoms with Crippen molar-refractivity contribution in [3.05, 3.63) is 72.9 Å². The Balaban J connectivity index is 0. The first kappa shape index (κ1) is 33.5. The Bertz CT molecular complexity index is 661. The molecule has 6 N–H and O–H groups in total. The Morgan fingerprint density at radius 3 is 1.47 bits per heavy atom. The van der Waals surface area contributed by atoms with Gasteiger partial charge in [0.25, 0.3) is 0 Å². The molecule has 0 saturated carbocycles. The molecule has 6 heteroatoms. The molecule has 192 valence electrons. The molecule has 0 spiro atoms. The van der Waals surface area contributed by atoms with E-state index in [0.29, 0.717) is 19.4 Å². The maximum atomic E-state index is 10.3. The molecule has 0 radical (unpaired) electrons. The summed E-state index contributed by atoms with van der Waals surface area (Å²) in [4.78, 5) is 20.5. The maximum Gasteiger partial charge on any atom is 0.320 e. The number of allylic oxidation sites excluding steroid dienone is 12. The van der Waals surface area contributed by atoms with Crippen molar-refractivity contribution in [2.75, 3.05) is 6.54 Å². The zero-order valence-electron chi connectivity index (χ0n) is 20.9. The Morgan fingerprint density at radius 1 is 0.706 bits per heavy atom. The van der Waals surface area contributed by atoms with E-state index in [0.717, 1.165) is 51.4 Å². The van der Waals surface area contributed by atoms with Crippen LogP contribution in [0.5, 0.6) is 0 Å². The number of carbonyl (C=O) groups is 2. The molecule has 0 aliphatic carbocycles. The highest BCUT2D eigenvalue weighted by atomic mass is 16.4. The van der Waals surface area contributed by atoms with Gasteiger partial charge < -0.3 is 21.7 Å². The first-order valence-electron chi connectivity index (χ1n) is 12.3. The number of aliphatic carboxylic acids is 2. The molecule has 0 saturated heterocycles. The van der Waals surface area contributed by atoms with E-state index in [1.54, 1.807) is 0 Å². The topological polar surface area (TPSA) is 127 Å². The van der Waals surface area contributed by atoms with Crippen molar-refractivity contribution in [2.24, 2.45) is 11.5 Å². The van der Waals surface area contributed by atoms with Crippen LogP contribution in [0, 0.1) is 0 Å². The van der Waals surface area contributed by atoms with Gasteiger partial charge in [-0.25, -0.2) is 0 Å². The molecule has 0 aliphatic heterocycles. The molecule has 0 bridgehead atoms. The highest BCUT2D eigenvalue weighted by molar-refractivity contribution is 5.72. The lowest BCUT2D eigenvalue weighted by Crippen LogP contribution is -2.29. The van der Waals surface area contributed by atoms with Crippen LogP contribution >= 0.6 is 0 Å². The second kappa shape index (κ2) is 28.3. The quantitative estimate of drug-likeness (QED) is 0.133. The van der Waals surface area contributed by atoms with Crippen molar-refractivity contribution in [2.45, 2.75) is 83.6 Å². The number of nitrogens with two attached hydrogens (primary N) is 2. The van der Waals surface area contributed by atoms with Crippen LogP contribution in [0.4, 0.5) is 0 Å². The van der Waals surface area contributed by atoms with Crippen molar-refractivity contribution < 1.29 is 19.8 Å². The summed E-state index contributed by atoms with van der Waals surface area (Å²) < 4.78 is 0. The van der Waals surface area contributed by atoms with E-state index in [1.165, 1.54) is 0 Å². The molecule has 6 nitrogen and oxygen atoms in total. The van der Waals surface area contributed by atoms with Gasteiger partial charge in [0.05, 0.1) is 0 Å². The number of carboxylic acid groups (broad SMARTS) is 2. The van der Waals surface area contributed by atoms with E-state index in [2.05, 4.69) is 67.7 Å². The lowest BCUT2D eigenvalue weighted by atomic mass is 10.1. The fourth-order valence-corrected chi connectivity index (χ4v) is 2.48. The van der Waals surface area contributed by atoms with Crippen molar-refractivity contribution in [3.63, 3.8) is 0 Å². The zero-order valence-corrected chi connectivity index (χ0v) is 20.9. The van der Waals surface area contributed by atoms with Crippen molar-refractivity contribution >= 4 is 11.9 Å². The maximum absolute atomic E-state index is 10.3. The average Bonchev–Trinajstić information content (AvgIpc) is 2.81. The van der Waals surface area contributed by atoms with Gasteiger partial charge in [-0.3, -0.25) is 9.59 Å². The van der Waals surface area contributed by atoms with E-state index >= 15 is 0 Å². The largest absolute Gasteiger partial charge is 0.481 e. The zero-order chi connectivity index (χ0) is 25.7. The monoisotopic (exact) mass is 474 g/mol. The molecular weight excluding hydrogens is 428 g/mol. The Hall–Kier alpha value is -2.70. The van der Waals surface area contributed by atoms with Crippen molar-refractivity contribution in [3.8, 4) is 0 Å². The molecule has 0 rings (SSSR count). The van der Waals surface area contributed by atoms with E-state index in [4.69, 9.17) is 21.7 Å². The van der Waals surface area contributed by atoms with Gasteiger partial charge in [0.15, 0.2) is 0 Å². The summed E-state index contributed by atoms with van der Waals surface area (Å²) in [6, 6.07) is -0.716. The summed E-state index contributed by atoms with van der Waals surface area (Å²) in [7, 11) is 0. The normalized spacial score (nSPS) is 13.0. The lowest BCUT2D eigenvalue weighted by Gasteiger charge is -2.03. The van der Waals surface area contributed by atoms with Crippen molar-refractivity contribution in [1.29, 1.82) is 0 Å². The van der Waals surface area contributed by atoms with Gasteiger partial charge >= 0.3 is 11.9 Å². The van der Waals surface area contributed by atoms with Crippen LogP contribution in [-0.2, 0) is 9.59 Å². The number of hydrogen-bond donors (Lipinski definition) is 4. The molecule has 0 aromatic rings. The fourth-order valence-electron chi connectivity index (χ4n) is 2.48. The summed E-state index contributed by atoms with van der Waals surface area (Å²) in [5.41, 5.74) is 10.4. The molecule has 0 fully saturated rings. The van der Waals surface area contributed by atoms with Gasteiger partial charge in [0.2, 0.25) is 0 Å². The molecule has 0 amide bonds. The standard InChI is InChI=1S/C22H32O2.C6H14N2O2/c1-2-3-4-5-6-7-8-9-10-11-12-13-14-15-16-17-18-19-20-21-22(23)24;7-4-2-1-3-5(8)6(9)10/h3-4,6-7,9-10,12-13,15-16,18-19H,2,5,8,11,14,17,20-21H2,1H3,(H,23,24);5H,1-4,7-8H2,(H,9,10)/b4-3-,7-6-,10-9-,13-12-,16-15-,19-18-;/t;5-/m.0/s1. The highest BCUT2D eigenvalue weighted by Crippen LogP contribution is 1.98. The van der Waals surface area contributed by atoms with Crippen LogP contribution in [0.3, 0.4) is 0 Å². The molecule has 0 aromatic carbocycles. The molecule has 1 atom stereocenters. The van der Waals surface area contributed by atoms with E-state index in [9.17, 15) is 9.59 Å². The number of hydrogen-bond acceptors (Lipinski definition) is 4. The Labute approximate surface area is 206 Å². The van der Waals surface area contributed by atoms with Gasteiger partial charge in [-0.2, -0.15) is 0 Å². The first-order chi connectivity index (χ1) is 16.5. The number of carboxylic acids is 2. The third-order valence-corrected chi connectivity index (χ3v) is 4.41. The fraction of sp³-hybridized carbons (Fsp3) is 0.500. The van der Waals surface area contributed by atoms with Gasteiger partial charge in [0, 0.05) is 6.42 Å². The SMILES string of the molecule is CC/C=C\C/C=C\C/C=C\C/C=C\C/C=C\C/C=C\CCC(=O)O.NCCCC[C@H](N)C(=O)O. The van der Waals surface area contributed by atoms with Crippen LogP contribution in [0.15, 0.2) is 72.9 Å². The van der Waals surface area contributed by atoms with Gasteiger partial charge in [-0.15, -0.1) is 0 Å². The van der Waals surface area contributed by atoms with Gasteiger partial charge in [-0.05, 0) is 64.3 Å². The van der Waals surface area contributed by atoms with Gasteiger partial charge in [0.1, 0.15) is 6.04 Å². The summed E-state index contributed by atoms with van der Waals surface area (Å²) in [6.07, 6.45) is 34.6. The van der Waals surface area contributed by atoms with Crippen molar-refractivity contribution in [1.82, 2.24) is 0 Å². The third-order valence-electron chi connectivity index (χ3n) is 4.41. The summed E-state index contributed by atoms with van der Waals surface area (Å²) in [5, 5.41) is 16.8. The predicted molar refractivity (Wildman–Crippen MR) is 144 cm³/mol. The Morgan fingerprint density at radius 2 is 1.12 bits per heavy atom. The third kappa shape index (κ3) is 31.5. The molecule has 0 heterocycles. The van der Waals surface area contributed by atoms with Crippen LogP contribution in [0.1, 0.15) is 77.6 Å². The minimum absolute atomic E-state index is 0.210. The van der Waals surface area contributed by atoms with Crippen LogP contribution in [0.2, 0.25) is 0 Å². The summed E-state index contributed by atoms with van der Waals surface area (Å²) in [5.74, 6) is -1.67. The molecule has 34 heavy (non-hydrogen) atoms. The van der Waals surface area contributed by atoms with E-state index in [-0.39, 0.29) is 6.42 Å². The summed E-state index contributed by atoms with van der Waals surface area (Å²) in [6.45, 7) is 2.75. The molecule has 0 aliphatic rings. The minimum atomic E-state index is -0.933. The van der Waals surface area contributed by atoms with Crippen LogP contribution in [0.25, 0.3) is 0 Å². The smallest absolute Gasteiger partial charge is 0.320 e. The first-order valence-corrected chi connectivity index (χ1v) is 12.3. The second-order valence-corrected chi connectivity index (χ2v) is 7.58. The lowest BCUT2D eigenvalue weighted by molar-refractivity contribution is -0.139. The number of unbranched alkanes of at least 4 members (excludes halogenated alkanes) is 1. The molecular formula is C28H46N2O4. The average molecular weight is 475 g/mol. The molecule has 0 aromatic heterocycles. The number of rotatable bonds is 19. The highest BCUT2D eigenvalue weighted by Gasteiger charge is 2.09. The predicted octanol–water partition coefficient (Wildman–Crippen LogP) is 6.08. The molecule has 0 unspecified atom stereocenters. The van der Waals surface area contributed by atoms with Gasteiger partial charge in [-0.1, -0.05) is 86.3 Å². The van der Waals surface area contributed by atoms with E-state index < -0.39 is 18.0 Å².